The van der Waals surface area contributed by atoms with E-state index in [0.717, 1.165) is 19.1 Å². The zero-order valence-corrected chi connectivity index (χ0v) is 24.0. The molecule has 0 aliphatic heterocycles. The quantitative estimate of drug-likeness (QED) is 0.306. The van der Waals surface area contributed by atoms with Crippen molar-refractivity contribution >= 4 is 10.1 Å². The van der Waals surface area contributed by atoms with Gasteiger partial charge >= 0.3 is 0 Å². The molecule has 4 aliphatic carbocycles. The normalized spacial score (nSPS) is 43.4. The summed E-state index contributed by atoms with van der Waals surface area (Å²) in [6, 6.07) is 0. The minimum atomic E-state index is -3.59. The van der Waals surface area contributed by atoms with Crippen molar-refractivity contribution in [2.45, 2.75) is 105 Å². The fourth-order valence-electron chi connectivity index (χ4n) is 9.21. The minimum Gasteiger partial charge on any atom is -0.393 e. The summed E-state index contributed by atoms with van der Waals surface area (Å²) in [6.45, 7) is 14.2. The first-order chi connectivity index (χ1) is 16.3. The topological polar surface area (TPSA) is 63.6 Å². The molecule has 0 amide bonds. The Labute approximate surface area is 215 Å². The van der Waals surface area contributed by atoms with Gasteiger partial charge in [0, 0.05) is 11.8 Å². The fraction of sp³-hybridized carbons (Fsp3) is 0.867. The lowest BCUT2D eigenvalue weighted by Crippen LogP contribution is -2.56. The van der Waals surface area contributed by atoms with Crippen LogP contribution in [0.25, 0.3) is 0 Å². The summed E-state index contributed by atoms with van der Waals surface area (Å²) in [5, 5.41) is 10.5. The van der Waals surface area contributed by atoms with Crippen molar-refractivity contribution in [2.75, 3.05) is 6.26 Å². The summed E-state index contributed by atoms with van der Waals surface area (Å²) < 4.78 is 30.1. The summed E-state index contributed by atoms with van der Waals surface area (Å²) in [5.41, 5.74) is 1.27. The highest BCUT2D eigenvalue weighted by Crippen LogP contribution is 2.67. The molecule has 0 aromatic heterocycles. The number of hydrogen-bond acceptors (Lipinski definition) is 4. The van der Waals surface area contributed by atoms with E-state index in [1.807, 2.05) is 0 Å². The van der Waals surface area contributed by atoms with Gasteiger partial charge in [-0.05, 0) is 91.8 Å². The van der Waals surface area contributed by atoms with Crippen LogP contribution in [0, 0.1) is 52.3 Å². The van der Waals surface area contributed by atoms with Gasteiger partial charge in [0.05, 0.1) is 18.5 Å². The molecule has 1 unspecified atom stereocenters. The zero-order valence-electron chi connectivity index (χ0n) is 23.2. The molecule has 0 aromatic rings. The van der Waals surface area contributed by atoms with Crippen LogP contribution in [0.2, 0.25) is 0 Å². The van der Waals surface area contributed by atoms with Crippen molar-refractivity contribution in [2.24, 2.45) is 52.3 Å². The standard InChI is InChI=1S/C30H50O4S/c1-8-21(19(2)3)10-9-20(4)25-13-14-26-24-12-11-22-17-23(31)18-28(34-35(7,32)33)30(22,6)27(24)15-16-29(25,26)5/h9-11,19-21,23-28,31H,8,12-18H2,1-7H3/b10-9+/t20-,21+,23+,24+,25-,26+,27+,28?,29-,30+/m1/s1. The first kappa shape index (κ1) is 27.4. The van der Waals surface area contributed by atoms with E-state index in [9.17, 15) is 13.5 Å². The predicted octanol–water partition coefficient (Wildman–Crippen LogP) is 6.76. The molecule has 1 N–H and O–H groups in total. The molecule has 35 heavy (non-hydrogen) atoms. The van der Waals surface area contributed by atoms with Gasteiger partial charge in [-0.1, -0.05) is 65.3 Å². The van der Waals surface area contributed by atoms with Crippen molar-refractivity contribution < 1.29 is 17.7 Å². The van der Waals surface area contributed by atoms with Gasteiger partial charge in [-0.15, -0.1) is 0 Å². The van der Waals surface area contributed by atoms with E-state index in [1.54, 1.807) is 0 Å². The highest BCUT2D eigenvalue weighted by atomic mass is 32.2. The molecule has 4 rings (SSSR count). The van der Waals surface area contributed by atoms with Crippen LogP contribution < -0.4 is 0 Å². The Morgan fingerprint density at radius 3 is 2.49 bits per heavy atom. The smallest absolute Gasteiger partial charge is 0.264 e. The summed E-state index contributed by atoms with van der Waals surface area (Å²) in [5.74, 6) is 4.32. The number of aliphatic hydroxyl groups excluding tert-OH is 1. The van der Waals surface area contributed by atoms with Crippen LogP contribution >= 0.6 is 0 Å². The van der Waals surface area contributed by atoms with Crippen LogP contribution in [-0.2, 0) is 14.3 Å². The van der Waals surface area contributed by atoms with Gasteiger partial charge in [-0.3, -0.25) is 4.18 Å². The number of fused-ring (bicyclic) bond motifs is 5. The minimum absolute atomic E-state index is 0.304. The summed E-state index contributed by atoms with van der Waals surface area (Å²) in [4.78, 5) is 0. The lowest BCUT2D eigenvalue weighted by atomic mass is 9.46. The molecule has 200 valence electrons. The molecule has 0 spiro atoms. The number of hydrogen-bond donors (Lipinski definition) is 1. The lowest BCUT2D eigenvalue weighted by molar-refractivity contribution is -0.0966. The van der Waals surface area contributed by atoms with Gasteiger partial charge in [0.2, 0.25) is 0 Å². The average molecular weight is 507 g/mol. The van der Waals surface area contributed by atoms with Crippen molar-refractivity contribution in [3.8, 4) is 0 Å². The molecule has 3 saturated carbocycles. The van der Waals surface area contributed by atoms with Gasteiger partial charge in [-0.2, -0.15) is 8.42 Å². The summed E-state index contributed by atoms with van der Waals surface area (Å²) in [6.07, 6.45) is 15.8. The molecule has 0 radical (unpaired) electrons. The Balaban J connectivity index is 1.59. The predicted molar refractivity (Wildman–Crippen MR) is 143 cm³/mol. The Kier molecular flexibility index (Phi) is 7.75. The summed E-state index contributed by atoms with van der Waals surface area (Å²) in [7, 11) is -3.59. The highest BCUT2D eigenvalue weighted by Gasteiger charge is 2.61. The van der Waals surface area contributed by atoms with Gasteiger partial charge in [0.25, 0.3) is 10.1 Å². The third kappa shape index (κ3) is 4.95. The van der Waals surface area contributed by atoms with Crippen molar-refractivity contribution in [1.29, 1.82) is 0 Å². The van der Waals surface area contributed by atoms with E-state index in [0.29, 0.717) is 59.7 Å². The molecular weight excluding hydrogens is 456 g/mol. The van der Waals surface area contributed by atoms with Crippen LogP contribution in [0.1, 0.15) is 92.9 Å². The number of rotatable bonds is 7. The van der Waals surface area contributed by atoms with E-state index < -0.39 is 22.3 Å². The maximum Gasteiger partial charge on any atom is 0.264 e. The van der Waals surface area contributed by atoms with E-state index in [4.69, 9.17) is 4.18 Å². The second kappa shape index (κ2) is 9.91. The second-order valence-corrected chi connectivity index (χ2v) is 14.9. The third-order valence-corrected chi connectivity index (χ3v) is 11.7. The first-order valence-electron chi connectivity index (χ1n) is 14.2. The SMILES string of the molecule is CC[C@@H](/C=C/[C@@H](C)[C@H]1CC[C@H]2[C@@H]3CC=C4C[C@H](O)CC(OS(C)(=O)=O)[C@]4(C)[C@H]3CC[C@]12C)C(C)C. The van der Waals surface area contributed by atoms with E-state index >= 15 is 0 Å². The Morgan fingerprint density at radius 2 is 1.86 bits per heavy atom. The van der Waals surface area contributed by atoms with E-state index in [2.05, 4.69) is 59.8 Å². The van der Waals surface area contributed by atoms with Crippen molar-refractivity contribution in [3.63, 3.8) is 0 Å². The van der Waals surface area contributed by atoms with Crippen molar-refractivity contribution in [1.82, 2.24) is 0 Å². The molecule has 10 atom stereocenters. The maximum absolute atomic E-state index is 12.2. The van der Waals surface area contributed by atoms with Gasteiger partial charge in [0.15, 0.2) is 0 Å². The van der Waals surface area contributed by atoms with Crippen LogP contribution in [0.15, 0.2) is 23.8 Å². The van der Waals surface area contributed by atoms with Crippen LogP contribution in [0.4, 0.5) is 0 Å². The molecule has 4 nitrogen and oxygen atoms in total. The highest BCUT2D eigenvalue weighted by molar-refractivity contribution is 7.86. The molecule has 5 heteroatoms. The largest absolute Gasteiger partial charge is 0.393 e. The molecular formula is C30H50O4S. The fourth-order valence-corrected chi connectivity index (χ4v) is 9.91. The molecule has 0 bridgehead atoms. The van der Waals surface area contributed by atoms with Crippen LogP contribution in [-0.4, -0.2) is 32.0 Å². The molecule has 0 saturated heterocycles. The first-order valence-corrected chi connectivity index (χ1v) is 16.1. The Bertz CT molecular complexity index is 936. The van der Waals surface area contributed by atoms with E-state index in [-0.39, 0.29) is 5.41 Å². The number of aliphatic hydroxyl groups is 1. The maximum atomic E-state index is 12.2. The van der Waals surface area contributed by atoms with Crippen LogP contribution in [0.5, 0.6) is 0 Å². The van der Waals surface area contributed by atoms with Gasteiger partial charge in [-0.25, -0.2) is 0 Å². The zero-order chi connectivity index (χ0) is 25.8. The number of allylic oxidation sites excluding steroid dienone is 3. The monoisotopic (exact) mass is 506 g/mol. The molecule has 0 heterocycles. The second-order valence-electron chi connectivity index (χ2n) is 13.3. The van der Waals surface area contributed by atoms with Gasteiger partial charge in [0.1, 0.15) is 0 Å². The molecule has 4 aliphatic rings. The Hall–Kier alpha value is -0.650. The lowest BCUT2D eigenvalue weighted by Gasteiger charge is -2.60. The third-order valence-electron chi connectivity index (χ3n) is 11.1. The Morgan fingerprint density at radius 1 is 1.14 bits per heavy atom. The van der Waals surface area contributed by atoms with E-state index in [1.165, 1.54) is 31.3 Å². The van der Waals surface area contributed by atoms with Crippen LogP contribution in [0.3, 0.4) is 0 Å². The van der Waals surface area contributed by atoms with Crippen molar-refractivity contribution in [3.05, 3.63) is 23.8 Å². The summed E-state index contributed by atoms with van der Waals surface area (Å²) >= 11 is 0. The average Bonchev–Trinajstić information content (AvgIpc) is 3.11. The van der Waals surface area contributed by atoms with Gasteiger partial charge < -0.3 is 5.11 Å². The molecule has 0 aromatic carbocycles. The molecule has 3 fully saturated rings.